The van der Waals surface area contributed by atoms with Crippen molar-refractivity contribution >= 4 is 50.3 Å². The Hall–Kier alpha value is -2.58. The number of fused-ring (bicyclic) bond motifs is 1. The fourth-order valence-electron chi connectivity index (χ4n) is 2.95. The molecular formula is C21H19BrN4O2S. The average Bonchev–Trinajstić information content (AvgIpc) is 3.32. The van der Waals surface area contributed by atoms with Crippen LogP contribution in [-0.2, 0) is 11.3 Å². The standard InChI is InChI=1S/C21H19BrN4O2S/c1-3-26-20(18-10-14-6-4-5-7-17(14)28-18)24-25-21(26)29-12-19(27)23-15-9-8-13(2)16(22)11-15/h4-11H,3,12H2,1-2H3,(H,23,27). The second-order valence-electron chi connectivity index (χ2n) is 6.50. The molecule has 2 aromatic carbocycles. The van der Waals surface area contributed by atoms with E-state index in [0.717, 1.165) is 26.7 Å². The zero-order chi connectivity index (χ0) is 20.4. The molecule has 4 rings (SSSR count). The predicted octanol–water partition coefficient (Wildman–Crippen LogP) is 5.51. The number of para-hydroxylation sites is 1. The number of hydrogen-bond donors (Lipinski definition) is 1. The molecule has 6 nitrogen and oxygen atoms in total. The lowest BCUT2D eigenvalue weighted by atomic mass is 10.2. The quantitative estimate of drug-likeness (QED) is 0.376. The van der Waals surface area contributed by atoms with Gasteiger partial charge in [-0.25, -0.2) is 0 Å². The number of aryl methyl sites for hydroxylation is 1. The Morgan fingerprint density at radius 2 is 2.03 bits per heavy atom. The summed E-state index contributed by atoms with van der Waals surface area (Å²) >= 11 is 4.83. The average molecular weight is 471 g/mol. The van der Waals surface area contributed by atoms with Crippen molar-refractivity contribution in [1.29, 1.82) is 0 Å². The highest BCUT2D eigenvalue weighted by molar-refractivity contribution is 9.10. The first kappa shape index (κ1) is 19.7. The van der Waals surface area contributed by atoms with Crippen molar-refractivity contribution in [3.63, 3.8) is 0 Å². The third kappa shape index (κ3) is 4.23. The van der Waals surface area contributed by atoms with Crippen LogP contribution in [0.15, 0.2) is 62.6 Å². The second-order valence-corrected chi connectivity index (χ2v) is 8.30. The molecule has 1 amide bonds. The van der Waals surface area contributed by atoms with Gasteiger partial charge in [-0.3, -0.25) is 9.36 Å². The smallest absolute Gasteiger partial charge is 0.234 e. The Labute approximate surface area is 180 Å². The summed E-state index contributed by atoms with van der Waals surface area (Å²) in [5.41, 5.74) is 2.69. The van der Waals surface area contributed by atoms with Crippen LogP contribution in [0, 0.1) is 6.92 Å². The largest absolute Gasteiger partial charge is 0.453 e. The highest BCUT2D eigenvalue weighted by Crippen LogP contribution is 2.29. The van der Waals surface area contributed by atoms with Gasteiger partial charge < -0.3 is 9.73 Å². The molecule has 2 heterocycles. The van der Waals surface area contributed by atoms with E-state index < -0.39 is 0 Å². The van der Waals surface area contributed by atoms with Crippen molar-refractivity contribution in [2.24, 2.45) is 0 Å². The monoisotopic (exact) mass is 470 g/mol. The molecule has 29 heavy (non-hydrogen) atoms. The Kier molecular flexibility index (Phi) is 5.73. The molecule has 0 bridgehead atoms. The topological polar surface area (TPSA) is 73.0 Å². The Morgan fingerprint density at radius 3 is 2.79 bits per heavy atom. The summed E-state index contributed by atoms with van der Waals surface area (Å²) in [5.74, 6) is 1.47. The molecule has 2 aromatic heterocycles. The third-order valence-electron chi connectivity index (χ3n) is 4.47. The van der Waals surface area contributed by atoms with E-state index in [2.05, 4.69) is 31.4 Å². The molecule has 0 saturated heterocycles. The molecule has 0 aliphatic carbocycles. The van der Waals surface area contributed by atoms with Gasteiger partial charge in [0.2, 0.25) is 11.7 Å². The summed E-state index contributed by atoms with van der Waals surface area (Å²) in [6.07, 6.45) is 0. The van der Waals surface area contributed by atoms with Crippen LogP contribution in [0.25, 0.3) is 22.6 Å². The maximum atomic E-state index is 12.4. The molecule has 4 aromatic rings. The van der Waals surface area contributed by atoms with Crippen LogP contribution in [0.1, 0.15) is 12.5 Å². The number of carbonyl (C=O) groups excluding carboxylic acids is 1. The van der Waals surface area contributed by atoms with E-state index in [9.17, 15) is 4.79 Å². The first-order chi connectivity index (χ1) is 14.0. The summed E-state index contributed by atoms with van der Waals surface area (Å²) in [5, 5.41) is 13.2. The number of hydrogen-bond acceptors (Lipinski definition) is 5. The zero-order valence-corrected chi connectivity index (χ0v) is 18.4. The normalized spacial score (nSPS) is 11.1. The number of nitrogens with zero attached hydrogens (tertiary/aromatic N) is 3. The molecule has 0 aliphatic rings. The Bertz CT molecular complexity index is 1150. The summed E-state index contributed by atoms with van der Waals surface area (Å²) in [6.45, 7) is 4.69. The molecule has 0 atom stereocenters. The third-order valence-corrected chi connectivity index (χ3v) is 6.29. The molecular weight excluding hydrogens is 452 g/mol. The molecule has 0 saturated carbocycles. The van der Waals surface area contributed by atoms with Crippen molar-refractivity contribution in [2.45, 2.75) is 25.5 Å². The van der Waals surface area contributed by atoms with Gasteiger partial charge in [0.25, 0.3) is 0 Å². The van der Waals surface area contributed by atoms with Crippen molar-refractivity contribution in [2.75, 3.05) is 11.1 Å². The SMILES string of the molecule is CCn1c(SCC(=O)Nc2ccc(C)c(Br)c2)nnc1-c1cc2ccccc2o1. The first-order valence-corrected chi connectivity index (χ1v) is 10.9. The van der Waals surface area contributed by atoms with Crippen LogP contribution < -0.4 is 5.32 Å². The van der Waals surface area contributed by atoms with Gasteiger partial charge in [-0.2, -0.15) is 0 Å². The minimum absolute atomic E-state index is 0.0957. The number of carbonyl (C=O) groups is 1. The van der Waals surface area contributed by atoms with E-state index in [1.807, 2.05) is 66.9 Å². The van der Waals surface area contributed by atoms with Crippen molar-refractivity contribution in [1.82, 2.24) is 14.8 Å². The van der Waals surface area contributed by atoms with E-state index in [-0.39, 0.29) is 11.7 Å². The number of benzene rings is 2. The van der Waals surface area contributed by atoms with E-state index in [0.29, 0.717) is 23.3 Å². The lowest BCUT2D eigenvalue weighted by Gasteiger charge is -2.08. The van der Waals surface area contributed by atoms with Crippen molar-refractivity contribution in [3.8, 4) is 11.6 Å². The predicted molar refractivity (Wildman–Crippen MR) is 119 cm³/mol. The number of aromatic nitrogens is 3. The summed E-state index contributed by atoms with van der Waals surface area (Å²) in [7, 11) is 0. The van der Waals surface area contributed by atoms with E-state index >= 15 is 0 Å². The molecule has 0 aliphatic heterocycles. The molecule has 0 fully saturated rings. The van der Waals surface area contributed by atoms with Crippen LogP contribution in [0.3, 0.4) is 0 Å². The molecule has 8 heteroatoms. The second kappa shape index (κ2) is 8.42. The molecule has 1 N–H and O–H groups in total. The first-order valence-electron chi connectivity index (χ1n) is 9.16. The van der Waals surface area contributed by atoms with Gasteiger partial charge in [-0.1, -0.05) is 52.0 Å². The van der Waals surface area contributed by atoms with Crippen LogP contribution in [-0.4, -0.2) is 26.4 Å². The summed E-state index contributed by atoms with van der Waals surface area (Å²) < 4.78 is 8.84. The number of rotatable bonds is 6. The molecule has 0 spiro atoms. The Morgan fingerprint density at radius 1 is 1.21 bits per heavy atom. The number of nitrogens with one attached hydrogen (secondary N) is 1. The Balaban J connectivity index is 1.48. The van der Waals surface area contributed by atoms with Crippen molar-refractivity contribution < 1.29 is 9.21 Å². The molecule has 0 radical (unpaired) electrons. The summed E-state index contributed by atoms with van der Waals surface area (Å²) in [4.78, 5) is 12.4. The highest BCUT2D eigenvalue weighted by atomic mass is 79.9. The lowest BCUT2D eigenvalue weighted by molar-refractivity contribution is -0.113. The van der Waals surface area contributed by atoms with Gasteiger partial charge in [0.05, 0.1) is 5.75 Å². The minimum atomic E-state index is -0.0957. The fraction of sp³-hybridized carbons (Fsp3) is 0.190. The number of thioether (sulfide) groups is 1. The van der Waals surface area contributed by atoms with Crippen LogP contribution >= 0.6 is 27.7 Å². The van der Waals surface area contributed by atoms with E-state index in [4.69, 9.17) is 4.42 Å². The lowest BCUT2D eigenvalue weighted by Crippen LogP contribution is -2.14. The van der Waals surface area contributed by atoms with Crippen LogP contribution in [0.4, 0.5) is 5.69 Å². The van der Waals surface area contributed by atoms with Crippen LogP contribution in [0.2, 0.25) is 0 Å². The van der Waals surface area contributed by atoms with E-state index in [1.165, 1.54) is 11.8 Å². The van der Waals surface area contributed by atoms with Gasteiger partial charge in [-0.15, -0.1) is 10.2 Å². The van der Waals surface area contributed by atoms with Gasteiger partial charge in [0.15, 0.2) is 10.9 Å². The van der Waals surface area contributed by atoms with Crippen LogP contribution in [0.5, 0.6) is 0 Å². The highest BCUT2D eigenvalue weighted by Gasteiger charge is 2.18. The van der Waals surface area contributed by atoms with Gasteiger partial charge in [-0.05, 0) is 43.7 Å². The maximum Gasteiger partial charge on any atom is 0.234 e. The van der Waals surface area contributed by atoms with E-state index in [1.54, 1.807) is 0 Å². The molecule has 148 valence electrons. The fourth-order valence-corrected chi connectivity index (χ4v) is 4.13. The van der Waals surface area contributed by atoms with Gasteiger partial charge in [0.1, 0.15) is 5.58 Å². The van der Waals surface area contributed by atoms with Crippen molar-refractivity contribution in [3.05, 3.63) is 58.6 Å². The van der Waals surface area contributed by atoms with Gasteiger partial charge >= 0.3 is 0 Å². The summed E-state index contributed by atoms with van der Waals surface area (Å²) in [6, 6.07) is 15.5. The molecule has 0 unspecified atom stereocenters. The van der Waals surface area contributed by atoms with Gasteiger partial charge in [0, 0.05) is 22.1 Å². The maximum absolute atomic E-state index is 12.4. The zero-order valence-electron chi connectivity index (χ0n) is 16.0. The number of furan rings is 1. The number of halogens is 1. The minimum Gasteiger partial charge on any atom is -0.453 e. The number of anilines is 1. The number of amides is 1.